The number of anilines is 3. The lowest BCUT2D eigenvalue weighted by Crippen LogP contribution is -2.33. The molecule has 12 aromatic rings. The fourth-order valence-corrected chi connectivity index (χ4v) is 15.6. The lowest BCUT2D eigenvalue weighted by molar-refractivity contribution is -0.126. The van der Waals surface area contributed by atoms with Crippen molar-refractivity contribution in [3.8, 4) is 74.0 Å². The second-order valence-electron chi connectivity index (χ2n) is 27.6. The number of allylic oxidation sites excluding steroid dienone is 1. The number of amides is 3. The van der Waals surface area contributed by atoms with Crippen LogP contribution in [0.15, 0.2) is 171 Å². The Kier molecular flexibility index (Phi) is 19.3. The van der Waals surface area contributed by atoms with Crippen LogP contribution in [-0.2, 0) is 40.9 Å². The minimum Gasteiger partial charge on any atom is -0.493 e. The maximum Gasteiger partial charge on any atom is 0.248 e. The summed E-state index contributed by atoms with van der Waals surface area (Å²) in [6, 6.07) is 35.0. The predicted octanol–water partition coefficient (Wildman–Crippen LogP) is 13.6. The fourth-order valence-electron chi connectivity index (χ4n) is 15.6. The summed E-state index contributed by atoms with van der Waals surface area (Å²) in [7, 11) is 3.59. The molecule has 25 heteroatoms. The van der Waals surface area contributed by atoms with Gasteiger partial charge in [0.25, 0.3) is 0 Å². The highest BCUT2D eigenvalue weighted by molar-refractivity contribution is 6.07. The van der Waals surface area contributed by atoms with Crippen molar-refractivity contribution in [2.45, 2.75) is 85.2 Å². The van der Waals surface area contributed by atoms with E-state index in [-0.39, 0.29) is 35.4 Å². The van der Waals surface area contributed by atoms with E-state index in [1.54, 1.807) is 31.1 Å². The van der Waals surface area contributed by atoms with Crippen LogP contribution in [0.2, 0.25) is 0 Å². The van der Waals surface area contributed by atoms with Crippen LogP contribution in [0.4, 0.5) is 17.5 Å². The smallest absolute Gasteiger partial charge is 0.248 e. The maximum absolute atomic E-state index is 13.7. The molecule has 2 unspecified atom stereocenters. The van der Waals surface area contributed by atoms with Gasteiger partial charge in [0.15, 0.2) is 11.5 Å². The topological polar surface area (TPSA) is 307 Å². The van der Waals surface area contributed by atoms with Gasteiger partial charge in [-0.1, -0.05) is 68.6 Å². The minimum absolute atomic E-state index is 0.0109. The van der Waals surface area contributed by atoms with Crippen LogP contribution in [-0.4, -0.2) is 137 Å². The Morgan fingerprint density at radius 1 is 0.593 bits per heavy atom. The molecule has 2 atom stereocenters. The van der Waals surface area contributed by atoms with E-state index in [2.05, 4.69) is 57.9 Å². The van der Waals surface area contributed by atoms with Gasteiger partial charge in [-0.15, -0.1) is 0 Å². The first-order valence-electron chi connectivity index (χ1n) is 36.0. The van der Waals surface area contributed by atoms with Crippen molar-refractivity contribution in [3.63, 3.8) is 0 Å². The molecule has 3 aliphatic rings. The molecule has 2 saturated heterocycles. The third-order valence-electron chi connectivity index (χ3n) is 20.4. The van der Waals surface area contributed by atoms with Gasteiger partial charge in [0, 0.05) is 140 Å². The van der Waals surface area contributed by atoms with Crippen LogP contribution in [0.3, 0.4) is 0 Å². The zero-order valence-corrected chi connectivity index (χ0v) is 61.3. The molecule has 3 amide bonds. The van der Waals surface area contributed by atoms with Gasteiger partial charge in [0.2, 0.25) is 35.4 Å². The van der Waals surface area contributed by atoms with E-state index in [9.17, 15) is 14.4 Å². The lowest BCUT2D eigenvalue weighted by atomic mass is 9.94. The Bertz CT molecular complexity index is 5660. The Morgan fingerprint density at radius 3 is 1.73 bits per heavy atom. The largest absolute Gasteiger partial charge is 0.493 e. The molecule has 0 saturated carbocycles. The number of hydrogen-bond acceptors (Lipinski definition) is 19. The molecule has 0 aliphatic carbocycles. The number of aromatic nitrogens is 12. The first kappa shape index (κ1) is 70.6. The molecular formula is C83H82N18O7. The standard InChI is InChI=1S/C83H82N18O7/c1-10-14-67(103)98-33-29-56(42-98)74-68(71-77(84)87-44-90-80(71)96(74)8)52-17-22-59(23-18-52)106-65-38-51(36-49(7)94-65)41-101-76(57-30-34-99(43-57)83(104)47(4)5)69(72-78(85)88-45-91-81(72)101)53-19-24-60(25-20-53)107-64-37-50(35-48(6)93-64)40-100-75(54-27-31-97(32-28-54)66(102)12-3)70(73-79(86)89-46-92-82(73)100)55-21-26-61(62(39-55)105-9)108-63-16-13-15-58(11-2)95-63/h10,12-27,35-39,44-46,56-57H,3-4,11,28-34,40-43H2,1-2,5-9H3,(H2,84,87,90)(H2,85,88,91)(H2,86,89,92)/b14-10+. The van der Waals surface area contributed by atoms with Crippen LogP contribution in [0, 0.1) is 13.8 Å². The number of likely N-dealkylation sites (tertiary alicyclic amines) is 2. The summed E-state index contributed by atoms with van der Waals surface area (Å²) in [5.41, 5.74) is 35.9. The molecule has 9 aromatic heterocycles. The number of nitrogens with zero attached hydrogens (tertiary/aromatic N) is 15. The number of carbonyl (C=O) groups is 3. The second-order valence-corrected chi connectivity index (χ2v) is 27.6. The third kappa shape index (κ3) is 13.5. The monoisotopic (exact) mass is 1440 g/mol. The molecular weight excluding hydrogens is 1360 g/mol. The van der Waals surface area contributed by atoms with Crippen molar-refractivity contribution >= 4 is 73.8 Å². The number of ether oxygens (including phenoxy) is 4. The summed E-state index contributed by atoms with van der Waals surface area (Å²) in [5, 5.41) is 2.07. The van der Waals surface area contributed by atoms with Gasteiger partial charge in [-0.25, -0.2) is 44.9 Å². The number of nitrogens with two attached hydrogens (primary N) is 3. The molecule has 2 fully saturated rings. The highest BCUT2D eigenvalue weighted by Gasteiger charge is 2.37. The second kappa shape index (κ2) is 29.5. The van der Waals surface area contributed by atoms with E-state index >= 15 is 0 Å². The molecule has 15 rings (SSSR count). The number of methoxy groups -OCH3 is 1. The quantitative estimate of drug-likeness (QED) is 0.0563. The number of benzene rings is 3. The van der Waals surface area contributed by atoms with E-state index in [1.807, 2.05) is 154 Å². The van der Waals surface area contributed by atoms with Crippen molar-refractivity contribution in [1.82, 2.24) is 73.3 Å². The number of nitrogen functional groups attached to an aromatic ring is 3. The molecule has 6 N–H and O–H groups in total. The van der Waals surface area contributed by atoms with E-state index in [0.29, 0.717) is 156 Å². The molecule has 25 nitrogen and oxygen atoms in total. The first-order valence-corrected chi connectivity index (χ1v) is 36.0. The maximum atomic E-state index is 13.7. The summed E-state index contributed by atoms with van der Waals surface area (Å²) in [6.07, 6.45) is 13.9. The number of aryl methyl sites for hydroxylation is 4. The van der Waals surface area contributed by atoms with Gasteiger partial charge in [-0.2, -0.15) is 0 Å². The van der Waals surface area contributed by atoms with Crippen LogP contribution in [0.1, 0.15) is 97.2 Å². The van der Waals surface area contributed by atoms with Crippen LogP contribution >= 0.6 is 0 Å². The van der Waals surface area contributed by atoms with Crippen LogP contribution < -0.4 is 36.1 Å². The predicted molar refractivity (Wildman–Crippen MR) is 417 cm³/mol. The average molecular weight is 1440 g/mol. The highest BCUT2D eigenvalue weighted by atomic mass is 16.5. The van der Waals surface area contributed by atoms with Gasteiger partial charge in [0.1, 0.15) is 64.9 Å². The molecule has 108 heavy (non-hydrogen) atoms. The van der Waals surface area contributed by atoms with E-state index < -0.39 is 0 Å². The number of carbonyl (C=O) groups excluding carboxylic acids is 3. The van der Waals surface area contributed by atoms with E-state index in [4.69, 9.17) is 56.1 Å². The zero-order chi connectivity index (χ0) is 75.2. The zero-order valence-electron chi connectivity index (χ0n) is 61.3. The molecule has 0 radical (unpaired) electrons. The molecule has 0 bridgehead atoms. The van der Waals surface area contributed by atoms with E-state index in [0.717, 1.165) is 96.8 Å². The SMILES string of the molecule is C=CC(=O)N1CC=C(c2c(-c3ccc(Oc4cccc(CC)n4)c(OC)c3)c3c(N)ncnc3n2Cc2cc(C)nc(Oc3ccc(-c4c(C5CCN(C(=O)C(=C)C)C5)n(Cc5cc(C)nc(Oc6ccc(-c7c(C8CCN(C(=O)/C=C/C)C8)n(C)c8ncnc(N)c78)cc6)c5)c5ncnc(N)c45)cc3)c2)CC1. The number of rotatable bonds is 21. The Hall–Kier alpha value is -13.1. The van der Waals surface area contributed by atoms with Gasteiger partial charge in [-0.3, -0.25) is 14.4 Å². The highest BCUT2D eigenvalue weighted by Crippen LogP contribution is 2.48. The van der Waals surface area contributed by atoms with Crippen LogP contribution in [0.25, 0.3) is 72.1 Å². The Balaban J connectivity index is 0.746. The molecule has 3 aliphatic heterocycles. The third-order valence-corrected chi connectivity index (χ3v) is 20.4. The van der Waals surface area contributed by atoms with Gasteiger partial charge < -0.3 is 64.5 Å². The fraction of sp³-hybridized carbons (Fsp3) is 0.253. The summed E-state index contributed by atoms with van der Waals surface area (Å²) in [6.45, 7) is 20.9. The Labute approximate surface area is 623 Å². The van der Waals surface area contributed by atoms with Crippen molar-refractivity contribution < 1.29 is 33.3 Å². The molecule has 0 spiro atoms. The van der Waals surface area contributed by atoms with E-state index in [1.165, 1.54) is 25.1 Å². The number of pyridine rings is 3. The van der Waals surface area contributed by atoms with Crippen molar-refractivity contribution in [1.29, 1.82) is 0 Å². The molecule has 546 valence electrons. The Morgan fingerprint density at radius 2 is 1.15 bits per heavy atom. The van der Waals surface area contributed by atoms with Crippen molar-refractivity contribution in [3.05, 3.63) is 217 Å². The van der Waals surface area contributed by atoms with Crippen molar-refractivity contribution in [2.24, 2.45) is 7.05 Å². The lowest BCUT2D eigenvalue weighted by Gasteiger charge is -2.27. The van der Waals surface area contributed by atoms with Gasteiger partial charge in [0.05, 0.1) is 29.0 Å². The first-order chi connectivity index (χ1) is 52.3. The van der Waals surface area contributed by atoms with Gasteiger partial charge in [-0.05, 0) is 154 Å². The summed E-state index contributed by atoms with van der Waals surface area (Å²) in [5.74, 6) is 3.80. The summed E-state index contributed by atoms with van der Waals surface area (Å²) in [4.78, 5) is 87.7. The van der Waals surface area contributed by atoms with Gasteiger partial charge >= 0.3 is 0 Å². The van der Waals surface area contributed by atoms with Crippen molar-refractivity contribution in [2.75, 3.05) is 63.6 Å². The molecule has 3 aromatic carbocycles. The minimum atomic E-state index is -0.158. The summed E-state index contributed by atoms with van der Waals surface area (Å²) >= 11 is 0. The van der Waals surface area contributed by atoms with Crippen LogP contribution in [0.5, 0.6) is 40.6 Å². The average Bonchev–Trinajstić information content (AvgIpc) is 1.60. The summed E-state index contributed by atoms with van der Waals surface area (Å²) < 4.78 is 32.1. The number of fused-ring (bicyclic) bond motifs is 3. The molecule has 12 heterocycles. The number of hydrogen-bond donors (Lipinski definition) is 3. The normalized spacial score (nSPS) is 15.2.